The van der Waals surface area contributed by atoms with Crippen molar-refractivity contribution in [2.45, 2.75) is 69.9 Å². The van der Waals surface area contributed by atoms with Crippen LogP contribution in [0, 0.1) is 0 Å². The monoisotopic (exact) mass is 306 g/mol. The molecule has 3 rings (SSSR count). The van der Waals surface area contributed by atoms with Crippen LogP contribution in [0.1, 0.15) is 56.7 Å². The molecule has 2 heterocycles. The Bertz CT molecular complexity index is 403. The SMILES string of the molecule is CCNC(CCc1cccs1)C1(N2CCCC2)CCCC1. The number of thiophene rings is 1. The molecular weight excluding hydrogens is 276 g/mol. The third kappa shape index (κ3) is 3.35. The zero-order valence-corrected chi connectivity index (χ0v) is 14.3. The van der Waals surface area contributed by atoms with Crippen LogP contribution in [0.2, 0.25) is 0 Å². The average molecular weight is 307 g/mol. The summed E-state index contributed by atoms with van der Waals surface area (Å²) >= 11 is 1.92. The summed E-state index contributed by atoms with van der Waals surface area (Å²) in [6.45, 7) is 6.04. The second-order valence-electron chi connectivity index (χ2n) is 6.73. The maximum absolute atomic E-state index is 3.87. The van der Waals surface area contributed by atoms with Crippen molar-refractivity contribution in [2.75, 3.05) is 19.6 Å². The van der Waals surface area contributed by atoms with Gasteiger partial charge in [0.2, 0.25) is 0 Å². The molecule has 1 aromatic heterocycles. The molecule has 118 valence electrons. The lowest BCUT2D eigenvalue weighted by Gasteiger charge is -2.45. The average Bonchev–Trinajstić information content (AvgIpc) is 3.25. The number of hydrogen-bond donors (Lipinski definition) is 1. The topological polar surface area (TPSA) is 15.3 Å². The van der Waals surface area contributed by atoms with E-state index in [1.54, 1.807) is 4.88 Å². The first-order valence-corrected chi connectivity index (χ1v) is 9.74. The molecule has 1 aromatic rings. The van der Waals surface area contributed by atoms with Crippen molar-refractivity contribution in [3.63, 3.8) is 0 Å². The highest BCUT2D eigenvalue weighted by Gasteiger charge is 2.45. The minimum atomic E-state index is 0.462. The van der Waals surface area contributed by atoms with E-state index in [0.717, 1.165) is 6.54 Å². The molecule has 3 heteroatoms. The summed E-state index contributed by atoms with van der Waals surface area (Å²) in [4.78, 5) is 4.40. The standard InChI is InChI=1S/C18H30N2S/c1-2-19-17(10-9-16-8-7-15-21-16)18(11-3-4-12-18)20-13-5-6-14-20/h7-8,15,17,19H,2-6,9-14H2,1H3. The lowest BCUT2D eigenvalue weighted by Crippen LogP contribution is -2.59. The van der Waals surface area contributed by atoms with E-state index in [2.05, 4.69) is 34.7 Å². The lowest BCUT2D eigenvalue weighted by atomic mass is 9.83. The molecule has 2 fully saturated rings. The predicted molar refractivity (Wildman–Crippen MR) is 92.1 cm³/mol. The Morgan fingerprint density at radius 1 is 1.24 bits per heavy atom. The molecule has 0 amide bonds. The Balaban J connectivity index is 1.72. The minimum absolute atomic E-state index is 0.462. The normalized spacial score (nSPS) is 23.7. The quantitative estimate of drug-likeness (QED) is 0.817. The summed E-state index contributed by atoms with van der Waals surface area (Å²) in [5.74, 6) is 0. The van der Waals surface area contributed by atoms with Crippen LogP contribution in [0.3, 0.4) is 0 Å². The fourth-order valence-electron chi connectivity index (χ4n) is 4.58. The molecular formula is C18H30N2S. The molecule has 0 spiro atoms. The molecule has 0 bridgehead atoms. The molecule has 0 radical (unpaired) electrons. The largest absolute Gasteiger partial charge is 0.312 e. The van der Waals surface area contributed by atoms with Gasteiger partial charge < -0.3 is 5.32 Å². The summed E-state index contributed by atoms with van der Waals surface area (Å²) in [6.07, 6.45) is 11.0. The van der Waals surface area contributed by atoms with Crippen molar-refractivity contribution < 1.29 is 0 Å². The fraction of sp³-hybridized carbons (Fsp3) is 0.778. The van der Waals surface area contributed by atoms with Gasteiger partial charge in [-0.25, -0.2) is 0 Å². The highest BCUT2D eigenvalue weighted by Crippen LogP contribution is 2.41. The Labute approximate surface area is 133 Å². The van der Waals surface area contributed by atoms with Crippen LogP contribution in [-0.2, 0) is 6.42 Å². The summed E-state index contributed by atoms with van der Waals surface area (Å²) < 4.78 is 0. The summed E-state index contributed by atoms with van der Waals surface area (Å²) in [6, 6.07) is 5.16. The van der Waals surface area contributed by atoms with Gasteiger partial charge in [-0.2, -0.15) is 0 Å². The highest BCUT2D eigenvalue weighted by molar-refractivity contribution is 7.09. The van der Waals surface area contributed by atoms with Crippen LogP contribution in [0.15, 0.2) is 17.5 Å². The van der Waals surface area contributed by atoms with Gasteiger partial charge in [-0.05, 0) is 69.6 Å². The van der Waals surface area contributed by atoms with Crippen molar-refractivity contribution in [1.29, 1.82) is 0 Å². The Morgan fingerprint density at radius 2 is 2.00 bits per heavy atom. The Morgan fingerprint density at radius 3 is 2.62 bits per heavy atom. The molecule has 21 heavy (non-hydrogen) atoms. The van der Waals surface area contributed by atoms with Crippen LogP contribution in [-0.4, -0.2) is 36.1 Å². The van der Waals surface area contributed by atoms with Gasteiger partial charge >= 0.3 is 0 Å². The van der Waals surface area contributed by atoms with E-state index in [1.807, 2.05) is 11.3 Å². The van der Waals surface area contributed by atoms with E-state index >= 15 is 0 Å². The third-order valence-electron chi connectivity index (χ3n) is 5.56. The molecule has 1 saturated carbocycles. The van der Waals surface area contributed by atoms with E-state index in [-0.39, 0.29) is 0 Å². The molecule has 1 N–H and O–H groups in total. The molecule has 1 saturated heterocycles. The molecule has 1 unspecified atom stereocenters. The van der Waals surface area contributed by atoms with Gasteiger partial charge in [0.05, 0.1) is 0 Å². The van der Waals surface area contributed by atoms with Crippen LogP contribution in [0.25, 0.3) is 0 Å². The van der Waals surface area contributed by atoms with Crippen molar-refractivity contribution >= 4 is 11.3 Å². The predicted octanol–water partition coefficient (Wildman–Crippen LogP) is 4.07. The third-order valence-corrected chi connectivity index (χ3v) is 6.50. The van der Waals surface area contributed by atoms with Gasteiger partial charge in [0, 0.05) is 16.5 Å². The lowest BCUT2D eigenvalue weighted by molar-refractivity contribution is 0.0738. The number of nitrogens with zero attached hydrogens (tertiary/aromatic N) is 1. The Hall–Kier alpha value is -0.380. The Kier molecular flexibility index (Phi) is 5.36. The second kappa shape index (κ2) is 7.26. The van der Waals surface area contributed by atoms with Crippen molar-refractivity contribution in [3.8, 4) is 0 Å². The number of nitrogens with one attached hydrogen (secondary N) is 1. The summed E-state index contributed by atoms with van der Waals surface area (Å²) in [5.41, 5.74) is 0.462. The van der Waals surface area contributed by atoms with Crippen LogP contribution >= 0.6 is 11.3 Å². The number of likely N-dealkylation sites (N-methyl/N-ethyl adjacent to an activating group) is 1. The van der Waals surface area contributed by atoms with Crippen LogP contribution in [0.5, 0.6) is 0 Å². The second-order valence-corrected chi connectivity index (χ2v) is 7.77. The zero-order valence-electron chi connectivity index (χ0n) is 13.4. The van der Waals surface area contributed by atoms with Gasteiger partial charge in [0.1, 0.15) is 0 Å². The number of aryl methyl sites for hydroxylation is 1. The van der Waals surface area contributed by atoms with Crippen molar-refractivity contribution in [1.82, 2.24) is 10.2 Å². The molecule has 2 nitrogen and oxygen atoms in total. The molecule has 1 atom stereocenters. The molecule has 1 aliphatic carbocycles. The fourth-order valence-corrected chi connectivity index (χ4v) is 5.31. The number of rotatable bonds is 7. The summed E-state index contributed by atoms with van der Waals surface area (Å²) in [5, 5.41) is 6.08. The molecule has 2 aliphatic rings. The van der Waals surface area contributed by atoms with E-state index in [1.165, 1.54) is 64.5 Å². The van der Waals surface area contributed by atoms with E-state index < -0.39 is 0 Å². The first-order valence-electron chi connectivity index (χ1n) is 8.86. The van der Waals surface area contributed by atoms with Crippen molar-refractivity contribution in [2.24, 2.45) is 0 Å². The first kappa shape index (κ1) is 15.5. The smallest absolute Gasteiger partial charge is 0.0362 e. The van der Waals surface area contributed by atoms with Gasteiger partial charge in [-0.1, -0.05) is 25.8 Å². The van der Waals surface area contributed by atoms with Crippen LogP contribution < -0.4 is 5.32 Å². The van der Waals surface area contributed by atoms with Gasteiger partial charge in [-0.3, -0.25) is 4.90 Å². The zero-order chi connectivity index (χ0) is 14.5. The van der Waals surface area contributed by atoms with Gasteiger partial charge in [0.15, 0.2) is 0 Å². The highest BCUT2D eigenvalue weighted by atomic mass is 32.1. The van der Waals surface area contributed by atoms with E-state index in [0.29, 0.717) is 11.6 Å². The molecule has 1 aliphatic heterocycles. The minimum Gasteiger partial charge on any atom is -0.312 e. The van der Waals surface area contributed by atoms with E-state index in [4.69, 9.17) is 0 Å². The van der Waals surface area contributed by atoms with Gasteiger partial charge in [-0.15, -0.1) is 11.3 Å². The van der Waals surface area contributed by atoms with E-state index in [9.17, 15) is 0 Å². The van der Waals surface area contributed by atoms with Crippen LogP contribution in [0.4, 0.5) is 0 Å². The van der Waals surface area contributed by atoms with Gasteiger partial charge in [0.25, 0.3) is 0 Å². The first-order chi connectivity index (χ1) is 10.3. The number of hydrogen-bond acceptors (Lipinski definition) is 3. The molecule has 0 aromatic carbocycles. The summed E-state index contributed by atoms with van der Waals surface area (Å²) in [7, 11) is 0. The number of likely N-dealkylation sites (tertiary alicyclic amines) is 1. The maximum Gasteiger partial charge on any atom is 0.0362 e. The van der Waals surface area contributed by atoms with Crippen molar-refractivity contribution in [3.05, 3.63) is 22.4 Å². The maximum atomic E-state index is 3.87.